The Balaban J connectivity index is 2.62. The predicted octanol–water partition coefficient (Wildman–Crippen LogP) is 1.47. The van der Waals surface area contributed by atoms with Crippen LogP contribution in [-0.2, 0) is 6.54 Å². The topological polar surface area (TPSA) is 59.6 Å². The maximum atomic E-state index is 11.9. The standard InChI is InChI=1S/C12H17FN2O3/c1-17-10-3-4-11(18-2)9(7-10)8-15-12(16)14-6-5-13/h3-4,7H,5-6,8H2,1-2H3,(H2,14,15,16). The van der Waals surface area contributed by atoms with Crippen LogP contribution in [0.25, 0.3) is 0 Å². The molecular formula is C12H17FN2O3. The molecule has 2 N–H and O–H groups in total. The minimum Gasteiger partial charge on any atom is -0.497 e. The van der Waals surface area contributed by atoms with Crippen LogP contribution in [0.1, 0.15) is 5.56 Å². The zero-order valence-corrected chi connectivity index (χ0v) is 10.5. The van der Waals surface area contributed by atoms with Gasteiger partial charge in [-0.15, -0.1) is 0 Å². The van der Waals surface area contributed by atoms with Crippen LogP contribution in [0.3, 0.4) is 0 Å². The van der Waals surface area contributed by atoms with Gasteiger partial charge < -0.3 is 20.1 Å². The van der Waals surface area contributed by atoms with E-state index in [-0.39, 0.29) is 13.1 Å². The SMILES string of the molecule is COc1ccc(OC)c(CNC(=O)NCCF)c1. The molecule has 0 bridgehead atoms. The highest BCUT2D eigenvalue weighted by molar-refractivity contribution is 5.73. The summed E-state index contributed by atoms with van der Waals surface area (Å²) in [5, 5.41) is 4.98. The molecule has 0 spiro atoms. The van der Waals surface area contributed by atoms with E-state index in [9.17, 15) is 9.18 Å². The van der Waals surface area contributed by atoms with Crippen molar-refractivity contribution in [3.8, 4) is 11.5 Å². The molecule has 100 valence electrons. The van der Waals surface area contributed by atoms with Gasteiger partial charge in [0.1, 0.15) is 18.2 Å². The second-order valence-electron chi connectivity index (χ2n) is 3.48. The number of urea groups is 1. The number of benzene rings is 1. The molecule has 0 fully saturated rings. The lowest BCUT2D eigenvalue weighted by Gasteiger charge is -2.11. The molecule has 0 aliphatic heterocycles. The monoisotopic (exact) mass is 256 g/mol. The van der Waals surface area contributed by atoms with Crippen LogP contribution >= 0.6 is 0 Å². The Morgan fingerprint density at radius 1 is 1.28 bits per heavy atom. The Hall–Kier alpha value is -1.98. The van der Waals surface area contributed by atoms with Gasteiger partial charge in [0.25, 0.3) is 0 Å². The normalized spacial score (nSPS) is 9.72. The van der Waals surface area contributed by atoms with Gasteiger partial charge in [0.05, 0.1) is 14.2 Å². The van der Waals surface area contributed by atoms with Crippen molar-refractivity contribution in [2.75, 3.05) is 27.4 Å². The van der Waals surface area contributed by atoms with E-state index in [1.807, 2.05) is 0 Å². The van der Waals surface area contributed by atoms with Crippen LogP contribution in [0.2, 0.25) is 0 Å². The smallest absolute Gasteiger partial charge is 0.315 e. The Kier molecular flexibility index (Phi) is 5.76. The molecule has 2 amide bonds. The number of hydrogen-bond donors (Lipinski definition) is 2. The zero-order chi connectivity index (χ0) is 13.4. The fraction of sp³-hybridized carbons (Fsp3) is 0.417. The van der Waals surface area contributed by atoms with Crippen LogP contribution < -0.4 is 20.1 Å². The van der Waals surface area contributed by atoms with Crippen molar-refractivity contribution in [3.63, 3.8) is 0 Å². The highest BCUT2D eigenvalue weighted by atomic mass is 19.1. The van der Waals surface area contributed by atoms with Gasteiger partial charge in [0.15, 0.2) is 0 Å². The van der Waals surface area contributed by atoms with Gasteiger partial charge in [0.2, 0.25) is 0 Å². The van der Waals surface area contributed by atoms with Gasteiger partial charge in [0, 0.05) is 18.7 Å². The number of carbonyl (C=O) groups excluding carboxylic acids is 1. The number of rotatable bonds is 6. The van der Waals surface area contributed by atoms with E-state index in [1.165, 1.54) is 0 Å². The molecule has 1 rings (SSSR count). The molecule has 0 aliphatic rings. The second-order valence-corrected chi connectivity index (χ2v) is 3.48. The minimum atomic E-state index is -0.587. The van der Waals surface area contributed by atoms with Crippen LogP contribution in [-0.4, -0.2) is 33.5 Å². The first kappa shape index (κ1) is 14.1. The highest BCUT2D eigenvalue weighted by Gasteiger charge is 2.06. The molecule has 0 heterocycles. The van der Waals surface area contributed by atoms with Gasteiger partial charge in [-0.05, 0) is 18.2 Å². The largest absolute Gasteiger partial charge is 0.497 e. The fourth-order valence-electron chi connectivity index (χ4n) is 1.42. The number of ether oxygens (including phenoxy) is 2. The lowest BCUT2D eigenvalue weighted by molar-refractivity contribution is 0.239. The Labute approximate surface area is 105 Å². The van der Waals surface area contributed by atoms with Gasteiger partial charge in [-0.3, -0.25) is 0 Å². The van der Waals surface area contributed by atoms with Crippen molar-refractivity contribution in [2.45, 2.75) is 6.54 Å². The summed E-state index contributed by atoms with van der Waals surface area (Å²) in [4.78, 5) is 11.3. The number of alkyl halides is 1. The van der Waals surface area contributed by atoms with Crippen molar-refractivity contribution in [3.05, 3.63) is 23.8 Å². The third-order valence-corrected chi connectivity index (χ3v) is 2.31. The summed E-state index contributed by atoms with van der Waals surface area (Å²) in [7, 11) is 3.11. The van der Waals surface area contributed by atoms with Crippen LogP contribution in [0.5, 0.6) is 11.5 Å². The van der Waals surface area contributed by atoms with Crippen LogP contribution in [0.15, 0.2) is 18.2 Å². The Morgan fingerprint density at radius 2 is 2.06 bits per heavy atom. The van der Waals surface area contributed by atoms with Crippen molar-refractivity contribution in [1.29, 1.82) is 0 Å². The minimum absolute atomic E-state index is 0.00107. The first-order chi connectivity index (χ1) is 8.71. The van der Waals surface area contributed by atoms with Gasteiger partial charge in [-0.1, -0.05) is 0 Å². The molecule has 5 nitrogen and oxygen atoms in total. The van der Waals surface area contributed by atoms with E-state index in [4.69, 9.17) is 9.47 Å². The van der Waals surface area contributed by atoms with E-state index in [2.05, 4.69) is 10.6 Å². The number of amides is 2. The molecule has 0 saturated carbocycles. The number of carbonyl (C=O) groups is 1. The highest BCUT2D eigenvalue weighted by Crippen LogP contribution is 2.23. The molecular weight excluding hydrogens is 239 g/mol. The molecule has 0 saturated heterocycles. The van der Waals surface area contributed by atoms with Crippen molar-refractivity contribution >= 4 is 6.03 Å². The lowest BCUT2D eigenvalue weighted by atomic mass is 10.2. The molecule has 0 radical (unpaired) electrons. The maximum Gasteiger partial charge on any atom is 0.315 e. The average Bonchev–Trinajstić information content (AvgIpc) is 2.42. The Morgan fingerprint density at radius 3 is 2.67 bits per heavy atom. The van der Waals surface area contributed by atoms with E-state index < -0.39 is 12.7 Å². The third kappa shape index (κ3) is 4.12. The molecule has 0 aromatic heterocycles. The first-order valence-electron chi connectivity index (χ1n) is 5.49. The summed E-state index contributed by atoms with van der Waals surface area (Å²) < 4.78 is 22.1. The lowest BCUT2D eigenvalue weighted by Crippen LogP contribution is -2.36. The zero-order valence-electron chi connectivity index (χ0n) is 10.5. The molecule has 1 aromatic carbocycles. The van der Waals surface area contributed by atoms with Gasteiger partial charge >= 0.3 is 6.03 Å². The molecule has 6 heteroatoms. The molecule has 0 aliphatic carbocycles. The first-order valence-corrected chi connectivity index (χ1v) is 5.49. The van der Waals surface area contributed by atoms with E-state index in [0.29, 0.717) is 11.5 Å². The molecule has 0 unspecified atom stereocenters. The number of methoxy groups -OCH3 is 2. The van der Waals surface area contributed by atoms with Crippen molar-refractivity contribution < 1.29 is 18.7 Å². The predicted molar refractivity (Wildman–Crippen MR) is 65.8 cm³/mol. The van der Waals surface area contributed by atoms with Crippen LogP contribution in [0.4, 0.5) is 9.18 Å². The Bertz CT molecular complexity index is 399. The van der Waals surface area contributed by atoms with Gasteiger partial charge in [-0.25, -0.2) is 9.18 Å². The summed E-state index contributed by atoms with van der Waals surface area (Å²) in [6.07, 6.45) is 0. The average molecular weight is 256 g/mol. The van der Waals surface area contributed by atoms with Crippen molar-refractivity contribution in [1.82, 2.24) is 10.6 Å². The summed E-state index contributed by atoms with van der Waals surface area (Å²) in [5.41, 5.74) is 0.784. The molecule has 1 aromatic rings. The molecule has 0 atom stereocenters. The number of nitrogens with one attached hydrogen (secondary N) is 2. The van der Waals surface area contributed by atoms with Gasteiger partial charge in [-0.2, -0.15) is 0 Å². The summed E-state index contributed by atoms with van der Waals surface area (Å²) in [6.45, 7) is -0.310. The maximum absolute atomic E-state index is 11.9. The van der Waals surface area contributed by atoms with E-state index >= 15 is 0 Å². The summed E-state index contributed by atoms with van der Waals surface area (Å²) in [5.74, 6) is 1.33. The number of hydrogen-bond acceptors (Lipinski definition) is 3. The van der Waals surface area contributed by atoms with Crippen molar-refractivity contribution in [2.24, 2.45) is 0 Å². The summed E-state index contributed by atoms with van der Waals surface area (Å²) >= 11 is 0. The third-order valence-electron chi connectivity index (χ3n) is 2.31. The molecule has 18 heavy (non-hydrogen) atoms. The fourth-order valence-corrected chi connectivity index (χ4v) is 1.42. The van der Waals surface area contributed by atoms with E-state index in [0.717, 1.165) is 5.56 Å². The quantitative estimate of drug-likeness (QED) is 0.810. The van der Waals surface area contributed by atoms with Crippen LogP contribution in [0, 0.1) is 0 Å². The summed E-state index contributed by atoms with van der Waals surface area (Å²) in [6, 6.07) is 4.88. The second kappa shape index (κ2) is 7.37. The van der Waals surface area contributed by atoms with E-state index in [1.54, 1.807) is 32.4 Å². The number of halogens is 1.